The number of Topliss-reactive ketones (excluding diaryl/α,β-unsaturated/α-hetero) is 1. The molecule has 2 heteroatoms. The van der Waals surface area contributed by atoms with Crippen molar-refractivity contribution in [2.75, 3.05) is 0 Å². The number of rotatable bonds is 2. The molecule has 1 saturated carbocycles. The Hall–Kier alpha value is -0.760. The minimum Gasteiger partial charge on any atom is -0.298 e. The van der Waals surface area contributed by atoms with E-state index in [9.17, 15) is 4.79 Å². The molecule has 0 aromatic heterocycles. The van der Waals surface area contributed by atoms with Gasteiger partial charge in [-0.1, -0.05) is 24.1 Å². The molecule has 16 heavy (non-hydrogen) atoms. The van der Waals surface area contributed by atoms with E-state index in [1.54, 1.807) is 11.8 Å². The number of ketones is 1. The summed E-state index contributed by atoms with van der Waals surface area (Å²) in [7, 11) is 0. The summed E-state index contributed by atoms with van der Waals surface area (Å²) >= 11 is 1.76. The fourth-order valence-corrected chi connectivity index (χ4v) is 3.41. The van der Waals surface area contributed by atoms with Gasteiger partial charge in [0.1, 0.15) is 5.78 Å². The molecule has 1 fully saturated rings. The number of hydrogen-bond donors (Lipinski definition) is 0. The molecule has 0 spiro atoms. The Morgan fingerprint density at radius 1 is 1.25 bits per heavy atom. The number of carbonyl (C=O) groups excluding carboxylic acids is 1. The van der Waals surface area contributed by atoms with Crippen LogP contribution in [-0.2, 0) is 4.79 Å². The van der Waals surface area contributed by atoms with Gasteiger partial charge in [-0.25, -0.2) is 0 Å². The van der Waals surface area contributed by atoms with Gasteiger partial charge in [0.05, 0.1) is 5.25 Å². The molecule has 0 radical (unpaired) electrons. The second-order valence-corrected chi connectivity index (χ2v) is 5.83. The molecule has 1 atom stereocenters. The third-order valence-corrected chi connectivity index (χ3v) is 4.59. The molecule has 0 amide bonds. The van der Waals surface area contributed by atoms with Gasteiger partial charge in [-0.2, -0.15) is 0 Å². The van der Waals surface area contributed by atoms with Crippen LogP contribution >= 0.6 is 11.8 Å². The lowest BCUT2D eigenvalue weighted by Crippen LogP contribution is -2.21. The minimum absolute atomic E-state index is 0.203. The predicted octanol–water partition coefficient (Wildman–Crippen LogP) is 3.91. The highest BCUT2D eigenvalue weighted by atomic mass is 32.2. The molecule has 0 N–H and O–H groups in total. The summed E-state index contributed by atoms with van der Waals surface area (Å²) < 4.78 is 0. The first kappa shape index (κ1) is 11.7. The maximum atomic E-state index is 11.8. The van der Waals surface area contributed by atoms with Crippen LogP contribution < -0.4 is 0 Å². The van der Waals surface area contributed by atoms with E-state index in [0.717, 1.165) is 19.3 Å². The van der Waals surface area contributed by atoms with E-state index in [1.807, 2.05) is 0 Å². The standard InChI is InChI=1S/C14H18OS/c1-10-7-8-11(2)14(9-10)16-13-6-4-3-5-12(13)15/h7-9,13H,3-6H2,1-2H3/t13-/m1/s1. The molecule has 0 bridgehead atoms. The van der Waals surface area contributed by atoms with Crippen LogP contribution in [0.4, 0.5) is 0 Å². The molecule has 0 aliphatic heterocycles. The molecule has 0 unspecified atom stereocenters. The van der Waals surface area contributed by atoms with Crippen LogP contribution in [0.1, 0.15) is 36.8 Å². The first-order chi connectivity index (χ1) is 7.66. The molecule has 1 aliphatic rings. The number of carbonyl (C=O) groups is 1. The van der Waals surface area contributed by atoms with E-state index < -0.39 is 0 Å². The van der Waals surface area contributed by atoms with E-state index in [0.29, 0.717) is 5.78 Å². The van der Waals surface area contributed by atoms with Gasteiger partial charge in [0.25, 0.3) is 0 Å². The van der Waals surface area contributed by atoms with Gasteiger partial charge in [0, 0.05) is 11.3 Å². The van der Waals surface area contributed by atoms with Crippen molar-refractivity contribution in [1.82, 2.24) is 0 Å². The van der Waals surface area contributed by atoms with Gasteiger partial charge in [0.15, 0.2) is 0 Å². The maximum Gasteiger partial charge on any atom is 0.146 e. The van der Waals surface area contributed by atoms with Crippen LogP contribution in [0, 0.1) is 13.8 Å². The molecule has 1 aromatic carbocycles. The zero-order valence-electron chi connectivity index (χ0n) is 9.95. The minimum atomic E-state index is 0.203. The van der Waals surface area contributed by atoms with Gasteiger partial charge in [0.2, 0.25) is 0 Å². The average molecular weight is 234 g/mol. The van der Waals surface area contributed by atoms with E-state index in [4.69, 9.17) is 0 Å². The summed E-state index contributed by atoms with van der Waals surface area (Å²) in [6.45, 7) is 4.22. The highest BCUT2D eigenvalue weighted by molar-refractivity contribution is 8.00. The number of thioether (sulfide) groups is 1. The molecule has 0 saturated heterocycles. The number of aryl methyl sites for hydroxylation is 2. The molecular weight excluding hydrogens is 216 g/mol. The van der Waals surface area contributed by atoms with E-state index in [2.05, 4.69) is 32.0 Å². The van der Waals surface area contributed by atoms with Crippen LogP contribution in [0.25, 0.3) is 0 Å². The predicted molar refractivity (Wildman–Crippen MR) is 69.0 cm³/mol. The van der Waals surface area contributed by atoms with Gasteiger partial charge in [-0.15, -0.1) is 11.8 Å². The maximum absolute atomic E-state index is 11.8. The third kappa shape index (κ3) is 2.67. The van der Waals surface area contributed by atoms with Gasteiger partial charge < -0.3 is 0 Å². The van der Waals surface area contributed by atoms with Crippen LogP contribution in [0.3, 0.4) is 0 Å². The summed E-state index contributed by atoms with van der Waals surface area (Å²) in [6.07, 6.45) is 4.12. The summed E-state index contributed by atoms with van der Waals surface area (Å²) in [4.78, 5) is 13.1. The molecule has 2 rings (SSSR count). The summed E-state index contributed by atoms with van der Waals surface area (Å²) in [5, 5.41) is 0.203. The van der Waals surface area contributed by atoms with Crippen molar-refractivity contribution in [2.45, 2.75) is 49.7 Å². The Morgan fingerprint density at radius 3 is 2.81 bits per heavy atom. The summed E-state index contributed by atoms with van der Waals surface area (Å²) in [6, 6.07) is 6.47. The van der Waals surface area contributed by atoms with Gasteiger partial charge in [-0.05, 0) is 38.3 Å². The normalized spacial score (nSPS) is 21.1. The molecule has 1 aliphatic carbocycles. The first-order valence-electron chi connectivity index (χ1n) is 5.93. The smallest absolute Gasteiger partial charge is 0.146 e. The van der Waals surface area contributed by atoms with Crippen LogP contribution in [-0.4, -0.2) is 11.0 Å². The zero-order valence-corrected chi connectivity index (χ0v) is 10.8. The Balaban J connectivity index is 2.13. The highest BCUT2D eigenvalue weighted by Crippen LogP contribution is 2.33. The number of benzene rings is 1. The summed E-state index contributed by atoms with van der Waals surface area (Å²) in [5.41, 5.74) is 2.56. The van der Waals surface area contributed by atoms with Crippen molar-refractivity contribution in [2.24, 2.45) is 0 Å². The SMILES string of the molecule is Cc1ccc(C)c(S[C@@H]2CCCCC2=O)c1. The van der Waals surface area contributed by atoms with Crippen LogP contribution in [0.2, 0.25) is 0 Å². The van der Waals surface area contributed by atoms with Gasteiger partial charge >= 0.3 is 0 Å². The Kier molecular flexibility index (Phi) is 3.70. The Bertz CT molecular complexity index is 398. The fraction of sp³-hybridized carbons (Fsp3) is 0.500. The quantitative estimate of drug-likeness (QED) is 0.772. The molecule has 1 aromatic rings. The van der Waals surface area contributed by atoms with Gasteiger partial charge in [-0.3, -0.25) is 4.79 Å². The van der Waals surface area contributed by atoms with Crippen LogP contribution in [0.5, 0.6) is 0 Å². The fourth-order valence-electron chi connectivity index (χ4n) is 2.06. The highest BCUT2D eigenvalue weighted by Gasteiger charge is 2.23. The first-order valence-corrected chi connectivity index (χ1v) is 6.81. The second kappa shape index (κ2) is 5.05. The molecule has 0 heterocycles. The second-order valence-electron chi connectivity index (χ2n) is 4.59. The lowest BCUT2D eigenvalue weighted by molar-refractivity contribution is -0.119. The lowest BCUT2D eigenvalue weighted by Gasteiger charge is -2.20. The van der Waals surface area contributed by atoms with Crippen molar-refractivity contribution in [3.8, 4) is 0 Å². The van der Waals surface area contributed by atoms with E-state index >= 15 is 0 Å². The van der Waals surface area contributed by atoms with Crippen LogP contribution in [0.15, 0.2) is 23.1 Å². The Morgan fingerprint density at radius 2 is 2.06 bits per heavy atom. The largest absolute Gasteiger partial charge is 0.298 e. The topological polar surface area (TPSA) is 17.1 Å². The van der Waals surface area contributed by atoms with Crippen molar-refractivity contribution in [3.63, 3.8) is 0 Å². The lowest BCUT2D eigenvalue weighted by atomic mass is 9.99. The van der Waals surface area contributed by atoms with E-state index in [-0.39, 0.29) is 5.25 Å². The Labute approximate surface area is 102 Å². The van der Waals surface area contributed by atoms with Crippen molar-refractivity contribution in [1.29, 1.82) is 0 Å². The summed E-state index contributed by atoms with van der Waals surface area (Å²) in [5.74, 6) is 0.442. The van der Waals surface area contributed by atoms with Crippen molar-refractivity contribution < 1.29 is 4.79 Å². The monoisotopic (exact) mass is 234 g/mol. The van der Waals surface area contributed by atoms with E-state index in [1.165, 1.54) is 22.4 Å². The van der Waals surface area contributed by atoms with Crippen molar-refractivity contribution >= 4 is 17.5 Å². The molecule has 1 nitrogen and oxygen atoms in total. The average Bonchev–Trinajstić information content (AvgIpc) is 2.27. The number of hydrogen-bond acceptors (Lipinski definition) is 2. The third-order valence-electron chi connectivity index (χ3n) is 3.11. The molecular formula is C14H18OS. The molecule has 86 valence electrons. The zero-order chi connectivity index (χ0) is 11.5. The van der Waals surface area contributed by atoms with Crippen molar-refractivity contribution in [3.05, 3.63) is 29.3 Å².